The highest BCUT2D eigenvalue weighted by atomic mass is 19.4. The minimum atomic E-state index is -4.24. The van der Waals surface area contributed by atoms with E-state index < -0.39 is 12.8 Å². The number of ether oxygens (including phenoxy) is 2. The average Bonchev–Trinajstić information content (AvgIpc) is 2.35. The lowest BCUT2D eigenvalue weighted by Crippen LogP contribution is -2.38. The maximum absolute atomic E-state index is 12.1. The summed E-state index contributed by atoms with van der Waals surface area (Å²) in [6.07, 6.45) is -0.439. The van der Waals surface area contributed by atoms with Gasteiger partial charge in [0.05, 0.1) is 6.61 Å². The van der Waals surface area contributed by atoms with Gasteiger partial charge < -0.3 is 14.8 Å². The van der Waals surface area contributed by atoms with E-state index >= 15 is 0 Å². The van der Waals surface area contributed by atoms with Crippen molar-refractivity contribution >= 4 is 0 Å². The fourth-order valence-corrected chi connectivity index (χ4v) is 2.26. The molecule has 0 aromatic rings. The van der Waals surface area contributed by atoms with Crippen LogP contribution in [0.1, 0.15) is 32.6 Å². The maximum atomic E-state index is 12.1. The SMILES string of the molecule is CCCNC(COCC(F)(F)F)CC1CCOCC1. The Hall–Kier alpha value is -0.330. The van der Waals surface area contributed by atoms with Crippen LogP contribution in [0, 0.1) is 5.92 Å². The minimum absolute atomic E-state index is 0.00500. The van der Waals surface area contributed by atoms with Gasteiger partial charge in [0.1, 0.15) is 6.61 Å². The van der Waals surface area contributed by atoms with Crippen molar-refractivity contribution in [3.63, 3.8) is 0 Å². The van der Waals surface area contributed by atoms with E-state index in [1.807, 2.05) is 6.92 Å². The predicted molar refractivity (Wildman–Crippen MR) is 67.1 cm³/mol. The Morgan fingerprint density at radius 3 is 2.58 bits per heavy atom. The molecule has 0 aromatic carbocycles. The summed E-state index contributed by atoms with van der Waals surface area (Å²) in [6.45, 7) is 3.32. The van der Waals surface area contributed by atoms with Crippen LogP contribution < -0.4 is 5.32 Å². The van der Waals surface area contributed by atoms with E-state index in [0.717, 1.165) is 45.4 Å². The average molecular weight is 283 g/mol. The van der Waals surface area contributed by atoms with Crippen LogP contribution in [-0.4, -0.2) is 45.2 Å². The lowest BCUT2D eigenvalue weighted by molar-refractivity contribution is -0.175. The third-order valence-electron chi connectivity index (χ3n) is 3.23. The smallest absolute Gasteiger partial charge is 0.381 e. The molecule has 0 aromatic heterocycles. The zero-order valence-electron chi connectivity index (χ0n) is 11.5. The van der Waals surface area contributed by atoms with Crippen LogP contribution in [0.25, 0.3) is 0 Å². The topological polar surface area (TPSA) is 30.5 Å². The van der Waals surface area contributed by atoms with Crippen LogP contribution in [0.15, 0.2) is 0 Å². The Labute approximate surface area is 112 Å². The van der Waals surface area contributed by atoms with Crippen LogP contribution in [0.5, 0.6) is 0 Å². The first kappa shape index (κ1) is 16.7. The summed E-state index contributed by atoms with van der Waals surface area (Å²) in [5.41, 5.74) is 0. The van der Waals surface area contributed by atoms with Gasteiger partial charge in [-0.05, 0) is 38.1 Å². The van der Waals surface area contributed by atoms with Crippen LogP contribution in [0.4, 0.5) is 13.2 Å². The fraction of sp³-hybridized carbons (Fsp3) is 1.00. The molecule has 0 radical (unpaired) electrons. The van der Waals surface area contributed by atoms with Crippen molar-refractivity contribution in [1.82, 2.24) is 5.32 Å². The van der Waals surface area contributed by atoms with E-state index in [0.29, 0.717) is 5.92 Å². The normalized spacial score (nSPS) is 19.6. The van der Waals surface area contributed by atoms with Gasteiger partial charge in [-0.2, -0.15) is 13.2 Å². The van der Waals surface area contributed by atoms with Gasteiger partial charge in [0.15, 0.2) is 0 Å². The van der Waals surface area contributed by atoms with Crippen molar-refractivity contribution in [3.8, 4) is 0 Å². The van der Waals surface area contributed by atoms with Crippen LogP contribution in [0.2, 0.25) is 0 Å². The quantitative estimate of drug-likeness (QED) is 0.743. The number of rotatable bonds is 8. The third-order valence-corrected chi connectivity index (χ3v) is 3.23. The van der Waals surface area contributed by atoms with E-state index in [1.54, 1.807) is 0 Å². The van der Waals surface area contributed by atoms with E-state index in [2.05, 4.69) is 5.32 Å². The molecule has 0 bridgehead atoms. The van der Waals surface area contributed by atoms with Crippen LogP contribution in [0.3, 0.4) is 0 Å². The summed E-state index contributed by atoms with van der Waals surface area (Å²) in [6, 6.07) is 0.00500. The Kier molecular flexibility index (Phi) is 7.71. The Morgan fingerprint density at radius 2 is 2.00 bits per heavy atom. The highest BCUT2D eigenvalue weighted by Gasteiger charge is 2.28. The first-order valence-electron chi connectivity index (χ1n) is 6.97. The molecule has 0 spiro atoms. The van der Waals surface area contributed by atoms with Gasteiger partial charge in [-0.25, -0.2) is 0 Å². The molecule has 0 saturated carbocycles. The van der Waals surface area contributed by atoms with Gasteiger partial charge in [0.2, 0.25) is 0 Å². The van der Waals surface area contributed by atoms with E-state index in [4.69, 9.17) is 9.47 Å². The molecule has 114 valence electrons. The van der Waals surface area contributed by atoms with Gasteiger partial charge in [-0.3, -0.25) is 0 Å². The number of halogens is 3. The highest BCUT2D eigenvalue weighted by molar-refractivity contribution is 4.74. The summed E-state index contributed by atoms with van der Waals surface area (Å²) in [5, 5.41) is 3.27. The Morgan fingerprint density at radius 1 is 1.32 bits per heavy atom. The minimum Gasteiger partial charge on any atom is -0.381 e. The monoisotopic (exact) mass is 283 g/mol. The molecule has 0 aliphatic carbocycles. The van der Waals surface area contributed by atoms with Crippen molar-refractivity contribution in [2.45, 2.75) is 44.8 Å². The number of alkyl halides is 3. The van der Waals surface area contributed by atoms with Gasteiger partial charge in [0, 0.05) is 19.3 Å². The Bertz CT molecular complexity index is 230. The summed E-state index contributed by atoms with van der Waals surface area (Å²) in [7, 11) is 0. The molecule has 1 fully saturated rings. The predicted octanol–water partition coefficient (Wildman–Crippen LogP) is 2.75. The van der Waals surface area contributed by atoms with Crippen LogP contribution in [-0.2, 0) is 9.47 Å². The van der Waals surface area contributed by atoms with Gasteiger partial charge in [-0.15, -0.1) is 0 Å². The van der Waals surface area contributed by atoms with Gasteiger partial charge >= 0.3 is 6.18 Å². The van der Waals surface area contributed by atoms with Crippen molar-refractivity contribution in [1.29, 1.82) is 0 Å². The third kappa shape index (κ3) is 8.44. The largest absolute Gasteiger partial charge is 0.411 e. The van der Waals surface area contributed by atoms with Crippen molar-refractivity contribution < 1.29 is 22.6 Å². The van der Waals surface area contributed by atoms with Crippen molar-refractivity contribution in [2.24, 2.45) is 5.92 Å². The molecule has 6 heteroatoms. The van der Waals surface area contributed by atoms with E-state index in [9.17, 15) is 13.2 Å². The summed E-state index contributed by atoms with van der Waals surface area (Å²) in [5.74, 6) is 0.526. The molecule has 1 N–H and O–H groups in total. The molecule has 1 atom stereocenters. The molecule has 1 aliphatic rings. The fourth-order valence-electron chi connectivity index (χ4n) is 2.26. The van der Waals surface area contributed by atoms with Crippen molar-refractivity contribution in [3.05, 3.63) is 0 Å². The first-order chi connectivity index (χ1) is 9.01. The first-order valence-corrected chi connectivity index (χ1v) is 6.97. The number of hydrogen-bond donors (Lipinski definition) is 1. The standard InChI is InChI=1S/C13H24F3NO2/c1-2-5-17-12(9-19-10-13(14,15)16)8-11-3-6-18-7-4-11/h11-12,17H,2-10H2,1H3. The second kappa shape index (κ2) is 8.76. The molecule has 1 heterocycles. The van der Waals surface area contributed by atoms with Gasteiger partial charge in [-0.1, -0.05) is 6.92 Å². The molecular formula is C13H24F3NO2. The van der Waals surface area contributed by atoms with Gasteiger partial charge in [0.25, 0.3) is 0 Å². The lowest BCUT2D eigenvalue weighted by atomic mass is 9.92. The zero-order chi connectivity index (χ0) is 14.1. The highest BCUT2D eigenvalue weighted by Crippen LogP contribution is 2.21. The molecule has 1 aliphatic heterocycles. The maximum Gasteiger partial charge on any atom is 0.411 e. The summed E-state index contributed by atoms with van der Waals surface area (Å²) in [4.78, 5) is 0. The molecular weight excluding hydrogens is 259 g/mol. The molecule has 1 unspecified atom stereocenters. The molecule has 1 rings (SSSR count). The van der Waals surface area contributed by atoms with Crippen LogP contribution >= 0.6 is 0 Å². The number of nitrogens with one attached hydrogen (secondary N) is 1. The second-order valence-corrected chi connectivity index (χ2v) is 5.07. The zero-order valence-corrected chi connectivity index (χ0v) is 11.5. The van der Waals surface area contributed by atoms with E-state index in [-0.39, 0.29) is 12.6 Å². The second-order valence-electron chi connectivity index (χ2n) is 5.07. The lowest BCUT2D eigenvalue weighted by Gasteiger charge is -2.27. The molecule has 3 nitrogen and oxygen atoms in total. The Balaban J connectivity index is 2.28. The molecule has 1 saturated heterocycles. The number of hydrogen-bond acceptors (Lipinski definition) is 3. The summed E-state index contributed by atoms with van der Waals surface area (Å²) >= 11 is 0. The van der Waals surface area contributed by atoms with Crippen molar-refractivity contribution in [2.75, 3.05) is 33.0 Å². The molecule has 19 heavy (non-hydrogen) atoms. The molecule has 0 amide bonds. The van der Waals surface area contributed by atoms with E-state index in [1.165, 1.54) is 0 Å². The summed E-state index contributed by atoms with van der Waals surface area (Å²) < 4.78 is 46.2.